The third kappa shape index (κ3) is 3.56. The summed E-state index contributed by atoms with van der Waals surface area (Å²) in [4.78, 5) is 23.7. The minimum absolute atomic E-state index is 0.0127. The number of piperidine rings is 1. The van der Waals surface area contributed by atoms with Crippen LogP contribution in [0.2, 0.25) is 0 Å². The Balaban J connectivity index is 1.46. The number of fused-ring (bicyclic) bond motifs is 1. The molecule has 0 saturated carbocycles. The first-order valence-electron chi connectivity index (χ1n) is 9.28. The summed E-state index contributed by atoms with van der Waals surface area (Å²) < 4.78 is 2.19. The van der Waals surface area contributed by atoms with Crippen molar-refractivity contribution in [2.24, 2.45) is 5.92 Å². The lowest BCUT2D eigenvalue weighted by Crippen LogP contribution is -2.39. The predicted octanol–water partition coefficient (Wildman–Crippen LogP) is 3.47. The number of nitrogens with one attached hydrogen (secondary N) is 1. The number of rotatable bonds is 5. The SMILES string of the molecule is C=CCn1c(N2CCC(C(=O)Nc3cccnc3)CC2)nc2ccccc21. The second-order valence-electron chi connectivity index (χ2n) is 6.79. The van der Waals surface area contributed by atoms with Crippen LogP contribution in [0.5, 0.6) is 0 Å². The number of nitrogens with zero attached hydrogens (tertiary/aromatic N) is 4. The van der Waals surface area contributed by atoms with E-state index in [0.717, 1.165) is 55.1 Å². The van der Waals surface area contributed by atoms with E-state index in [4.69, 9.17) is 4.98 Å². The summed E-state index contributed by atoms with van der Waals surface area (Å²) in [6.45, 7) is 6.22. The number of para-hydroxylation sites is 2. The number of hydrogen-bond donors (Lipinski definition) is 1. The topological polar surface area (TPSA) is 63.1 Å². The van der Waals surface area contributed by atoms with Crippen molar-refractivity contribution in [1.82, 2.24) is 14.5 Å². The van der Waals surface area contributed by atoms with Gasteiger partial charge in [0.15, 0.2) is 0 Å². The third-order valence-corrected chi connectivity index (χ3v) is 5.02. The Hall–Kier alpha value is -3.15. The molecule has 1 aliphatic rings. The van der Waals surface area contributed by atoms with Crippen LogP contribution < -0.4 is 10.2 Å². The zero-order valence-electron chi connectivity index (χ0n) is 15.2. The molecule has 1 saturated heterocycles. The van der Waals surface area contributed by atoms with Crippen LogP contribution >= 0.6 is 0 Å². The number of carbonyl (C=O) groups is 1. The first kappa shape index (κ1) is 17.3. The van der Waals surface area contributed by atoms with Gasteiger partial charge in [-0.15, -0.1) is 6.58 Å². The summed E-state index contributed by atoms with van der Waals surface area (Å²) in [6.07, 6.45) is 6.88. The average molecular weight is 361 g/mol. The Morgan fingerprint density at radius 1 is 1.22 bits per heavy atom. The highest BCUT2D eigenvalue weighted by molar-refractivity contribution is 5.92. The monoisotopic (exact) mass is 361 g/mol. The molecule has 3 aromatic rings. The smallest absolute Gasteiger partial charge is 0.227 e. The molecule has 6 heteroatoms. The van der Waals surface area contributed by atoms with Gasteiger partial charge in [0.05, 0.1) is 22.9 Å². The molecule has 0 atom stereocenters. The maximum absolute atomic E-state index is 12.5. The number of aromatic nitrogens is 3. The second-order valence-corrected chi connectivity index (χ2v) is 6.79. The average Bonchev–Trinajstić information content (AvgIpc) is 3.08. The van der Waals surface area contributed by atoms with Crippen LogP contribution in [0.3, 0.4) is 0 Å². The molecule has 6 nitrogen and oxygen atoms in total. The van der Waals surface area contributed by atoms with Crippen LogP contribution in [0.25, 0.3) is 11.0 Å². The zero-order valence-corrected chi connectivity index (χ0v) is 15.2. The van der Waals surface area contributed by atoms with E-state index in [1.807, 2.05) is 36.4 Å². The van der Waals surface area contributed by atoms with E-state index in [9.17, 15) is 4.79 Å². The molecule has 4 rings (SSSR count). The standard InChI is InChI=1S/C21H23N5O/c1-2-12-26-19-8-4-3-7-18(19)24-21(26)25-13-9-16(10-14-25)20(27)23-17-6-5-11-22-15-17/h2-8,11,15-16H,1,9-10,12-14H2,(H,23,27). The molecule has 0 aliphatic carbocycles. The van der Waals surface area contributed by atoms with Gasteiger partial charge in [-0.2, -0.15) is 0 Å². The van der Waals surface area contributed by atoms with Gasteiger partial charge in [0, 0.05) is 31.7 Å². The summed E-state index contributed by atoms with van der Waals surface area (Å²) in [5.74, 6) is 1.04. The molecule has 3 heterocycles. The maximum atomic E-state index is 12.5. The molecule has 0 radical (unpaired) electrons. The van der Waals surface area contributed by atoms with Crippen LogP contribution in [0.4, 0.5) is 11.6 Å². The second kappa shape index (κ2) is 7.61. The van der Waals surface area contributed by atoms with Gasteiger partial charge in [0.2, 0.25) is 11.9 Å². The van der Waals surface area contributed by atoms with E-state index < -0.39 is 0 Å². The molecule has 0 bridgehead atoms. The van der Waals surface area contributed by atoms with E-state index in [-0.39, 0.29) is 11.8 Å². The highest BCUT2D eigenvalue weighted by Crippen LogP contribution is 2.27. The Morgan fingerprint density at radius 3 is 2.78 bits per heavy atom. The molecular formula is C21H23N5O. The van der Waals surface area contributed by atoms with Crippen LogP contribution in [0.15, 0.2) is 61.4 Å². The Bertz CT molecular complexity index is 942. The van der Waals surface area contributed by atoms with Gasteiger partial charge < -0.3 is 14.8 Å². The van der Waals surface area contributed by atoms with Gasteiger partial charge in [-0.1, -0.05) is 18.2 Å². The highest BCUT2D eigenvalue weighted by atomic mass is 16.1. The summed E-state index contributed by atoms with van der Waals surface area (Å²) >= 11 is 0. The summed E-state index contributed by atoms with van der Waals surface area (Å²) in [7, 11) is 0. The summed E-state index contributed by atoms with van der Waals surface area (Å²) in [6, 6.07) is 11.8. The molecule has 138 valence electrons. The zero-order chi connectivity index (χ0) is 18.6. The van der Waals surface area contributed by atoms with Gasteiger partial charge in [-0.25, -0.2) is 4.98 Å². The molecule has 1 N–H and O–H groups in total. The van der Waals surface area contributed by atoms with Crippen molar-refractivity contribution in [3.05, 3.63) is 61.4 Å². The minimum atomic E-state index is 0.0127. The summed E-state index contributed by atoms with van der Waals surface area (Å²) in [5, 5.41) is 2.97. The number of imidazole rings is 1. The molecule has 1 aliphatic heterocycles. The van der Waals surface area contributed by atoms with Gasteiger partial charge in [0.1, 0.15) is 0 Å². The quantitative estimate of drug-likeness (QED) is 0.707. The summed E-state index contributed by atoms with van der Waals surface area (Å²) in [5.41, 5.74) is 2.85. The van der Waals surface area contributed by atoms with Crippen molar-refractivity contribution < 1.29 is 4.79 Å². The number of amides is 1. The number of anilines is 2. The van der Waals surface area contributed by atoms with Crippen molar-refractivity contribution in [2.75, 3.05) is 23.3 Å². The fraction of sp³-hybridized carbons (Fsp3) is 0.286. The third-order valence-electron chi connectivity index (χ3n) is 5.02. The number of carbonyl (C=O) groups excluding carboxylic acids is 1. The Morgan fingerprint density at radius 2 is 2.04 bits per heavy atom. The molecule has 2 aromatic heterocycles. The van der Waals surface area contributed by atoms with Crippen LogP contribution in [-0.4, -0.2) is 33.5 Å². The van der Waals surface area contributed by atoms with Gasteiger partial charge in [-0.05, 0) is 37.1 Å². The van der Waals surface area contributed by atoms with E-state index in [1.54, 1.807) is 12.4 Å². The van der Waals surface area contributed by atoms with Crippen LogP contribution in [-0.2, 0) is 11.3 Å². The lowest BCUT2D eigenvalue weighted by Gasteiger charge is -2.32. The molecule has 0 spiro atoms. The van der Waals surface area contributed by atoms with E-state index in [1.165, 1.54) is 0 Å². The fourth-order valence-corrected chi connectivity index (χ4v) is 3.64. The minimum Gasteiger partial charge on any atom is -0.342 e. The number of pyridine rings is 1. The van der Waals surface area contributed by atoms with Crippen molar-refractivity contribution in [2.45, 2.75) is 19.4 Å². The number of hydrogen-bond acceptors (Lipinski definition) is 4. The van der Waals surface area contributed by atoms with Crippen molar-refractivity contribution in [1.29, 1.82) is 0 Å². The Kier molecular flexibility index (Phi) is 4.87. The van der Waals surface area contributed by atoms with Crippen molar-refractivity contribution >= 4 is 28.6 Å². The highest BCUT2D eigenvalue weighted by Gasteiger charge is 2.27. The molecule has 1 fully saturated rings. The maximum Gasteiger partial charge on any atom is 0.227 e. The molecule has 0 unspecified atom stereocenters. The number of benzene rings is 1. The van der Waals surface area contributed by atoms with Crippen LogP contribution in [0.1, 0.15) is 12.8 Å². The van der Waals surface area contributed by atoms with E-state index in [0.29, 0.717) is 0 Å². The molecule has 1 amide bonds. The normalized spacial score (nSPS) is 15.0. The van der Waals surface area contributed by atoms with Gasteiger partial charge >= 0.3 is 0 Å². The van der Waals surface area contributed by atoms with E-state index >= 15 is 0 Å². The van der Waals surface area contributed by atoms with Crippen LogP contribution in [0, 0.1) is 5.92 Å². The lowest BCUT2D eigenvalue weighted by molar-refractivity contribution is -0.120. The van der Waals surface area contributed by atoms with Crippen molar-refractivity contribution in [3.8, 4) is 0 Å². The first-order chi connectivity index (χ1) is 13.3. The van der Waals surface area contributed by atoms with Gasteiger partial charge in [-0.3, -0.25) is 9.78 Å². The molecule has 27 heavy (non-hydrogen) atoms. The van der Waals surface area contributed by atoms with Gasteiger partial charge in [0.25, 0.3) is 0 Å². The predicted molar refractivity (Wildman–Crippen MR) is 108 cm³/mol. The largest absolute Gasteiger partial charge is 0.342 e. The van der Waals surface area contributed by atoms with Crippen molar-refractivity contribution in [3.63, 3.8) is 0 Å². The fourth-order valence-electron chi connectivity index (χ4n) is 3.64. The first-order valence-corrected chi connectivity index (χ1v) is 9.28. The number of allylic oxidation sites excluding steroid dienone is 1. The molecule has 1 aromatic carbocycles. The molecular weight excluding hydrogens is 338 g/mol. The van der Waals surface area contributed by atoms with E-state index in [2.05, 4.69) is 32.4 Å². The lowest BCUT2D eigenvalue weighted by atomic mass is 9.96. The Labute approximate surface area is 158 Å².